The lowest BCUT2D eigenvalue weighted by atomic mass is 10.2. The molecule has 1 aromatic carbocycles. The molecule has 0 aliphatic carbocycles. The quantitative estimate of drug-likeness (QED) is 0.507. The van der Waals surface area contributed by atoms with Gasteiger partial charge >= 0.3 is 0 Å². The Hall–Kier alpha value is -2.33. The summed E-state index contributed by atoms with van der Waals surface area (Å²) >= 11 is 0. The number of carbonyl (C=O) groups excluding carboxylic acids is 2. The van der Waals surface area contributed by atoms with E-state index in [-0.39, 0.29) is 24.7 Å². The smallest absolute Gasteiger partial charge is 0.255 e. The Morgan fingerprint density at radius 2 is 2.00 bits per heavy atom. The van der Waals surface area contributed by atoms with Crippen molar-refractivity contribution in [2.45, 2.75) is 19.3 Å². The molecule has 1 aliphatic rings. The molecule has 0 radical (unpaired) electrons. The van der Waals surface area contributed by atoms with E-state index in [1.165, 1.54) is 14.2 Å². The van der Waals surface area contributed by atoms with Gasteiger partial charge in [-0.1, -0.05) is 0 Å². The van der Waals surface area contributed by atoms with Gasteiger partial charge in [0.05, 0.1) is 25.5 Å². The molecule has 28 heavy (non-hydrogen) atoms. The second-order valence-corrected chi connectivity index (χ2v) is 8.30. The van der Waals surface area contributed by atoms with Crippen LogP contribution in [0.4, 0.5) is 0 Å². The number of amides is 2. The molecule has 0 unspecified atom stereocenters. The highest BCUT2D eigenvalue weighted by Crippen LogP contribution is 2.24. The van der Waals surface area contributed by atoms with Crippen molar-refractivity contribution in [2.24, 2.45) is 0 Å². The Morgan fingerprint density at radius 3 is 2.64 bits per heavy atom. The van der Waals surface area contributed by atoms with Crippen molar-refractivity contribution in [2.75, 3.05) is 46.2 Å². The maximum atomic E-state index is 12.3. The van der Waals surface area contributed by atoms with Crippen LogP contribution in [0, 0.1) is 0 Å². The largest absolute Gasteiger partial charge is 0.497 e. The summed E-state index contributed by atoms with van der Waals surface area (Å²) in [4.78, 5) is 25.5. The van der Waals surface area contributed by atoms with E-state index in [4.69, 9.17) is 9.47 Å². The second kappa shape index (κ2) is 10.3. The number of benzene rings is 1. The van der Waals surface area contributed by atoms with Crippen LogP contribution in [0.25, 0.3) is 0 Å². The van der Waals surface area contributed by atoms with Gasteiger partial charge in [0.1, 0.15) is 11.5 Å². The third-order valence-corrected chi connectivity index (χ3v) is 5.79. The first-order valence-electron chi connectivity index (χ1n) is 9.11. The molecule has 156 valence electrons. The van der Waals surface area contributed by atoms with Crippen LogP contribution in [0.5, 0.6) is 11.5 Å². The molecule has 0 atom stereocenters. The minimum absolute atomic E-state index is 0.0338. The lowest BCUT2D eigenvalue weighted by Crippen LogP contribution is -2.36. The maximum absolute atomic E-state index is 12.3. The first kappa shape index (κ1) is 22.0. The lowest BCUT2D eigenvalue weighted by molar-refractivity contribution is -0.127. The summed E-state index contributed by atoms with van der Waals surface area (Å²) in [5.41, 5.74) is 0.295. The molecule has 0 bridgehead atoms. The molecule has 1 saturated heterocycles. The van der Waals surface area contributed by atoms with E-state index >= 15 is 0 Å². The molecule has 2 amide bonds. The Balaban J connectivity index is 1.73. The van der Waals surface area contributed by atoms with Crippen molar-refractivity contribution in [1.82, 2.24) is 14.9 Å². The van der Waals surface area contributed by atoms with Crippen LogP contribution in [0.1, 0.15) is 29.6 Å². The first-order valence-corrected chi connectivity index (χ1v) is 10.8. The average Bonchev–Trinajstić information content (AvgIpc) is 3.09. The lowest BCUT2D eigenvalue weighted by Gasteiger charge is -2.15. The molecule has 1 heterocycles. The molecule has 1 fully saturated rings. The number of rotatable bonds is 11. The van der Waals surface area contributed by atoms with E-state index in [2.05, 4.69) is 10.0 Å². The molecule has 9 nitrogen and oxygen atoms in total. The van der Waals surface area contributed by atoms with Gasteiger partial charge in [0.15, 0.2) is 0 Å². The van der Waals surface area contributed by atoms with Crippen LogP contribution in [0.2, 0.25) is 0 Å². The van der Waals surface area contributed by atoms with E-state index < -0.39 is 15.9 Å². The molecule has 0 saturated carbocycles. The normalized spacial score (nSPS) is 14.2. The third kappa shape index (κ3) is 6.38. The monoisotopic (exact) mass is 413 g/mol. The Kier molecular flexibility index (Phi) is 8.06. The van der Waals surface area contributed by atoms with Gasteiger partial charge in [-0.3, -0.25) is 9.59 Å². The summed E-state index contributed by atoms with van der Waals surface area (Å²) in [6.45, 7) is 1.52. The summed E-state index contributed by atoms with van der Waals surface area (Å²) in [5.74, 6) is 0.353. The van der Waals surface area contributed by atoms with Crippen molar-refractivity contribution in [1.29, 1.82) is 0 Å². The predicted octanol–water partition coefficient (Wildman–Crippen LogP) is 0.366. The summed E-state index contributed by atoms with van der Waals surface area (Å²) < 4.78 is 36.8. The van der Waals surface area contributed by atoms with E-state index in [1.54, 1.807) is 23.1 Å². The van der Waals surface area contributed by atoms with Crippen LogP contribution < -0.4 is 19.5 Å². The topological polar surface area (TPSA) is 114 Å². The van der Waals surface area contributed by atoms with Crippen molar-refractivity contribution >= 4 is 21.8 Å². The molecule has 1 aromatic rings. The molecular formula is C18H27N3O6S. The van der Waals surface area contributed by atoms with E-state index in [9.17, 15) is 18.0 Å². The van der Waals surface area contributed by atoms with Crippen molar-refractivity contribution in [3.8, 4) is 11.5 Å². The van der Waals surface area contributed by atoms with E-state index in [0.29, 0.717) is 36.4 Å². The van der Waals surface area contributed by atoms with Gasteiger partial charge in [-0.2, -0.15) is 0 Å². The zero-order valence-electron chi connectivity index (χ0n) is 16.2. The summed E-state index contributed by atoms with van der Waals surface area (Å²) in [5, 5.41) is 2.58. The summed E-state index contributed by atoms with van der Waals surface area (Å²) in [7, 11) is -0.565. The number of methoxy groups -OCH3 is 2. The number of sulfonamides is 1. The molecule has 0 spiro atoms. The highest BCUT2D eigenvalue weighted by atomic mass is 32.2. The van der Waals surface area contributed by atoms with Crippen LogP contribution in [0.3, 0.4) is 0 Å². The fourth-order valence-electron chi connectivity index (χ4n) is 2.89. The Bertz CT molecular complexity index is 797. The van der Waals surface area contributed by atoms with Crippen LogP contribution in [0.15, 0.2) is 18.2 Å². The molecule has 2 N–H and O–H groups in total. The predicted molar refractivity (Wildman–Crippen MR) is 104 cm³/mol. The van der Waals surface area contributed by atoms with Gasteiger partial charge < -0.3 is 19.7 Å². The van der Waals surface area contributed by atoms with Crippen molar-refractivity contribution < 1.29 is 27.5 Å². The number of nitrogens with one attached hydrogen (secondary N) is 2. The number of ether oxygens (including phenoxy) is 2. The highest BCUT2D eigenvalue weighted by Gasteiger charge is 2.19. The van der Waals surface area contributed by atoms with Gasteiger partial charge in [-0.05, 0) is 25.0 Å². The van der Waals surface area contributed by atoms with Crippen LogP contribution in [-0.4, -0.2) is 71.3 Å². The fourth-order valence-corrected chi connectivity index (χ4v) is 3.86. The first-order chi connectivity index (χ1) is 13.4. The number of hydrogen-bond donors (Lipinski definition) is 2. The maximum Gasteiger partial charge on any atom is 0.255 e. The fraction of sp³-hybridized carbons (Fsp3) is 0.556. The Labute approximate surface area is 165 Å². The molecule has 0 aromatic heterocycles. The van der Waals surface area contributed by atoms with Crippen LogP contribution in [-0.2, 0) is 14.8 Å². The minimum Gasteiger partial charge on any atom is -0.497 e. The second-order valence-electron chi connectivity index (χ2n) is 6.37. The van der Waals surface area contributed by atoms with Gasteiger partial charge in [0.2, 0.25) is 15.9 Å². The SMILES string of the molecule is COc1ccc(C(=O)NCCS(=O)(=O)NCCCN2CCCC2=O)c(OC)c1. The standard InChI is InChI=1S/C18H27N3O6S/c1-26-14-6-7-15(16(13-14)27-2)18(23)19-9-12-28(24,25)20-8-4-11-21-10-3-5-17(21)22/h6-7,13,20H,3-5,8-12H2,1-2H3,(H,19,23). The third-order valence-electron chi connectivity index (χ3n) is 4.41. The van der Waals surface area contributed by atoms with Crippen LogP contribution >= 0.6 is 0 Å². The van der Waals surface area contributed by atoms with Crippen molar-refractivity contribution in [3.63, 3.8) is 0 Å². The van der Waals surface area contributed by atoms with Gasteiger partial charge in [0, 0.05) is 38.7 Å². The number of nitrogens with zero attached hydrogens (tertiary/aromatic N) is 1. The van der Waals surface area contributed by atoms with Crippen molar-refractivity contribution in [3.05, 3.63) is 23.8 Å². The average molecular weight is 413 g/mol. The van der Waals surface area contributed by atoms with Gasteiger partial charge in [-0.25, -0.2) is 13.1 Å². The van der Waals surface area contributed by atoms with E-state index in [1.807, 2.05) is 0 Å². The van der Waals surface area contributed by atoms with Gasteiger partial charge in [-0.15, -0.1) is 0 Å². The zero-order valence-corrected chi connectivity index (χ0v) is 17.0. The molecule has 1 aliphatic heterocycles. The number of likely N-dealkylation sites (tertiary alicyclic amines) is 1. The minimum atomic E-state index is -3.51. The highest BCUT2D eigenvalue weighted by molar-refractivity contribution is 7.89. The summed E-state index contributed by atoms with van der Waals surface area (Å²) in [6.07, 6.45) is 1.99. The zero-order chi connectivity index (χ0) is 20.6. The number of carbonyl (C=O) groups is 2. The Morgan fingerprint density at radius 1 is 1.21 bits per heavy atom. The molecule has 2 rings (SSSR count). The number of hydrogen-bond acceptors (Lipinski definition) is 6. The molecule has 10 heteroatoms. The molecular weight excluding hydrogens is 386 g/mol. The van der Waals surface area contributed by atoms with Gasteiger partial charge in [0.25, 0.3) is 5.91 Å². The summed E-state index contributed by atoms with van der Waals surface area (Å²) in [6, 6.07) is 4.76. The van der Waals surface area contributed by atoms with E-state index in [0.717, 1.165) is 13.0 Å².